The van der Waals surface area contributed by atoms with E-state index in [4.69, 9.17) is 4.74 Å². The van der Waals surface area contributed by atoms with E-state index in [1.165, 1.54) is 18.9 Å². The van der Waals surface area contributed by atoms with Crippen LogP contribution in [0.3, 0.4) is 0 Å². The summed E-state index contributed by atoms with van der Waals surface area (Å²) >= 11 is 0. The van der Waals surface area contributed by atoms with Gasteiger partial charge >= 0.3 is 5.97 Å². The van der Waals surface area contributed by atoms with Gasteiger partial charge in [-0.2, -0.15) is 0 Å². The van der Waals surface area contributed by atoms with Crippen LogP contribution in [0.15, 0.2) is 54.6 Å². The first-order valence-electron chi connectivity index (χ1n) is 9.63. The molecule has 6 nitrogen and oxygen atoms in total. The monoisotopic (exact) mass is 396 g/mol. The average molecular weight is 396 g/mol. The average Bonchev–Trinajstić information content (AvgIpc) is 2.72. The molecular formula is C23H28N2O4. The number of benzene rings is 2. The molecule has 0 unspecified atom stereocenters. The Morgan fingerprint density at radius 2 is 1.69 bits per heavy atom. The van der Waals surface area contributed by atoms with Crippen LogP contribution >= 0.6 is 0 Å². The van der Waals surface area contributed by atoms with Crippen molar-refractivity contribution in [2.45, 2.75) is 39.8 Å². The second-order valence-corrected chi connectivity index (χ2v) is 7.06. The largest absolute Gasteiger partial charge is 0.465 e. The third-order valence-electron chi connectivity index (χ3n) is 4.65. The molecule has 154 valence electrons. The van der Waals surface area contributed by atoms with E-state index in [-0.39, 0.29) is 30.8 Å². The molecule has 2 aromatic carbocycles. The number of esters is 1. The van der Waals surface area contributed by atoms with Crippen LogP contribution in [0.2, 0.25) is 0 Å². The van der Waals surface area contributed by atoms with Crippen LogP contribution < -0.4 is 4.90 Å². The van der Waals surface area contributed by atoms with E-state index >= 15 is 0 Å². The molecule has 0 bridgehead atoms. The maximum Gasteiger partial charge on any atom is 0.337 e. The molecule has 0 spiro atoms. The number of hydrogen-bond donors (Lipinski definition) is 0. The molecule has 0 aliphatic rings. The minimum atomic E-state index is -0.472. The lowest BCUT2D eigenvalue weighted by Gasteiger charge is -2.28. The molecule has 29 heavy (non-hydrogen) atoms. The SMILES string of the molecule is COC(=O)c1cccc(N(CCC(=O)N(Cc2ccccc2)C(C)C)C(C)=O)c1. The molecular weight excluding hydrogens is 368 g/mol. The van der Waals surface area contributed by atoms with Crippen LogP contribution in [-0.2, 0) is 20.9 Å². The van der Waals surface area contributed by atoms with Crippen molar-refractivity contribution < 1.29 is 19.1 Å². The van der Waals surface area contributed by atoms with E-state index in [9.17, 15) is 14.4 Å². The number of rotatable bonds is 8. The highest BCUT2D eigenvalue weighted by Gasteiger charge is 2.20. The van der Waals surface area contributed by atoms with Crippen LogP contribution in [-0.4, -0.2) is 42.4 Å². The fourth-order valence-electron chi connectivity index (χ4n) is 3.08. The topological polar surface area (TPSA) is 66.9 Å². The van der Waals surface area contributed by atoms with Gasteiger partial charge in [0.05, 0.1) is 12.7 Å². The summed E-state index contributed by atoms with van der Waals surface area (Å²) in [6.45, 7) is 6.15. The first-order valence-corrected chi connectivity index (χ1v) is 9.63. The molecule has 6 heteroatoms. The summed E-state index contributed by atoms with van der Waals surface area (Å²) < 4.78 is 4.74. The molecule has 0 fully saturated rings. The van der Waals surface area contributed by atoms with Crippen LogP contribution in [0.4, 0.5) is 5.69 Å². The van der Waals surface area contributed by atoms with E-state index in [0.717, 1.165) is 5.56 Å². The number of nitrogens with zero attached hydrogens (tertiary/aromatic N) is 2. The first-order chi connectivity index (χ1) is 13.8. The fourth-order valence-corrected chi connectivity index (χ4v) is 3.08. The van der Waals surface area contributed by atoms with Crippen LogP contribution in [0.25, 0.3) is 0 Å². The number of carbonyl (C=O) groups is 3. The minimum Gasteiger partial charge on any atom is -0.465 e. The normalized spacial score (nSPS) is 10.5. The molecule has 0 saturated carbocycles. The summed E-state index contributed by atoms with van der Waals surface area (Å²) in [5.74, 6) is -0.696. The summed E-state index contributed by atoms with van der Waals surface area (Å²) in [5.41, 5.74) is 1.98. The third kappa shape index (κ3) is 6.17. The Morgan fingerprint density at radius 1 is 1.00 bits per heavy atom. The first kappa shape index (κ1) is 22.1. The van der Waals surface area contributed by atoms with Crippen molar-refractivity contribution in [2.75, 3.05) is 18.6 Å². The van der Waals surface area contributed by atoms with E-state index < -0.39 is 5.97 Å². The molecule has 0 aliphatic heterocycles. The van der Waals surface area contributed by atoms with E-state index in [0.29, 0.717) is 17.8 Å². The molecule has 0 heterocycles. The zero-order chi connectivity index (χ0) is 21.4. The highest BCUT2D eigenvalue weighted by Crippen LogP contribution is 2.19. The van der Waals surface area contributed by atoms with Gasteiger partial charge in [0.2, 0.25) is 11.8 Å². The molecule has 0 N–H and O–H groups in total. The van der Waals surface area contributed by atoms with Gasteiger partial charge in [-0.05, 0) is 37.6 Å². The van der Waals surface area contributed by atoms with Crippen molar-refractivity contribution in [3.8, 4) is 0 Å². The predicted molar refractivity (Wildman–Crippen MR) is 113 cm³/mol. The van der Waals surface area contributed by atoms with Crippen molar-refractivity contribution >= 4 is 23.5 Å². The number of ether oxygens (including phenoxy) is 1. The van der Waals surface area contributed by atoms with Gasteiger partial charge in [0, 0.05) is 38.2 Å². The Hall–Kier alpha value is -3.15. The lowest BCUT2D eigenvalue weighted by atomic mass is 10.1. The highest BCUT2D eigenvalue weighted by atomic mass is 16.5. The number of hydrogen-bond acceptors (Lipinski definition) is 4. The minimum absolute atomic E-state index is 0.0285. The number of carbonyl (C=O) groups excluding carboxylic acids is 3. The second-order valence-electron chi connectivity index (χ2n) is 7.06. The molecule has 0 aromatic heterocycles. The molecule has 0 atom stereocenters. The molecule has 2 amide bonds. The summed E-state index contributed by atoms with van der Waals surface area (Å²) in [4.78, 5) is 40.2. The van der Waals surface area contributed by atoms with Gasteiger partial charge in [0.1, 0.15) is 0 Å². The lowest BCUT2D eigenvalue weighted by Crippen LogP contribution is -2.39. The maximum atomic E-state index is 12.9. The van der Waals surface area contributed by atoms with Gasteiger partial charge in [-0.25, -0.2) is 4.79 Å². The Labute approximate surface area is 172 Å². The molecule has 2 aromatic rings. The van der Waals surface area contributed by atoms with Gasteiger partial charge in [-0.15, -0.1) is 0 Å². The van der Waals surface area contributed by atoms with Crippen LogP contribution in [0.1, 0.15) is 43.1 Å². The van der Waals surface area contributed by atoms with Crippen molar-refractivity contribution in [1.82, 2.24) is 4.90 Å². The fraction of sp³-hybridized carbons (Fsp3) is 0.348. The van der Waals surface area contributed by atoms with E-state index in [1.807, 2.05) is 44.2 Å². The number of anilines is 1. The van der Waals surface area contributed by atoms with Crippen molar-refractivity contribution in [3.63, 3.8) is 0 Å². The molecule has 0 saturated heterocycles. The summed E-state index contributed by atoms with van der Waals surface area (Å²) in [7, 11) is 1.31. The van der Waals surface area contributed by atoms with E-state index in [2.05, 4.69) is 0 Å². The Kier molecular flexibility index (Phi) is 7.95. The highest BCUT2D eigenvalue weighted by molar-refractivity contribution is 5.95. The number of methoxy groups -OCH3 is 1. The van der Waals surface area contributed by atoms with Crippen LogP contribution in [0, 0.1) is 0 Å². The van der Waals surface area contributed by atoms with Crippen molar-refractivity contribution in [1.29, 1.82) is 0 Å². The molecule has 2 rings (SSSR count). The number of amides is 2. The third-order valence-corrected chi connectivity index (χ3v) is 4.65. The molecule has 0 aliphatic carbocycles. The maximum absolute atomic E-state index is 12.9. The smallest absolute Gasteiger partial charge is 0.337 e. The van der Waals surface area contributed by atoms with Crippen molar-refractivity contribution in [3.05, 3.63) is 65.7 Å². The summed E-state index contributed by atoms with van der Waals surface area (Å²) in [6.07, 6.45) is 0.188. The van der Waals surface area contributed by atoms with Crippen molar-refractivity contribution in [2.24, 2.45) is 0 Å². The van der Waals surface area contributed by atoms with Gasteiger partial charge in [0.25, 0.3) is 0 Å². The Morgan fingerprint density at radius 3 is 2.28 bits per heavy atom. The van der Waals surface area contributed by atoms with Gasteiger partial charge < -0.3 is 14.5 Å². The van der Waals surface area contributed by atoms with Crippen LogP contribution in [0.5, 0.6) is 0 Å². The predicted octanol–water partition coefficient (Wildman–Crippen LogP) is 3.65. The second kappa shape index (κ2) is 10.4. The molecule has 0 radical (unpaired) electrons. The summed E-state index contributed by atoms with van der Waals surface area (Å²) in [6, 6.07) is 16.5. The quantitative estimate of drug-likeness (QED) is 0.639. The van der Waals surface area contributed by atoms with Gasteiger partial charge in [-0.3, -0.25) is 9.59 Å². The zero-order valence-electron chi connectivity index (χ0n) is 17.4. The van der Waals surface area contributed by atoms with E-state index in [1.54, 1.807) is 29.2 Å². The van der Waals surface area contributed by atoms with Gasteiger partial charge in [-0.1, -0.05) is 36.4 Å². The zero-order valence-corrected chi connectivity index (χ0v) is 17.4. The lowest BCUT2D eigenvalue weighted by molar-refractivity contribution is -0.133. The summed E-state index contributed by atoms with van der Waals surface area (Å²) in [5, 5.41) is 0. The Balaban J connectivity index is 2.11. The Bertz CT molecular complexity index is 849. The van der Waals surface area contributed by atoms with Gasteiger partial charge in [0.15, 0.2) is 0 Å². The standard InChI is InChI=1S/C23H28N2O4/c1-17(2)25(16-19-9-6-5-7-10-19)22(27)13-14-24(18(3)26)21-12-8-11-20(15-21)23(28)29-4/h5-12,15,17H,13-14,16H2,1-4H3.